The number of aromatic hydroxyl groups is 1. The van der Waals surface area contributed by atoms with Crippen LogP contribution in [-0.2, 0) is 0 Å². The molecule has 3 heterocycles. The molecule has 2 aromatic heterocycles. The molecule has 7 nitrogen and oxygen atoms in total. The second-order valence-electron chi connectivity index (χ2n) is 6.55. The molecule has 0 fully saturated rings. The van der Waals surface area contributed by atoms with Crippen LogP contribution in [0.5, 0.6) is 11.5 Å². The maximum atomic E-state index is 12.7. The van der Waals surface area contributed by atoms with Crippen molar-refractivity contribution < 1.29 is 23.8 Å². The number of ether oxygens (including phenoxy) is 1. The minimum Gasteiger partial charge on any atom is -0.507 e. The first-order valence-corrected chi connectivity index (χ1v) is 9.17. The van der Waals surface area contributed by atoms with Gasteiger partial charge in [-0.2, -0.15) is 0 Å². The van der Waals surface area contributed by atoms with Gasteiger partial charge in [0.2, 0.25) is 6.29 Å². The molecule has 9 heteroatoms. The summed E-state index contributed by atoms with van der Waals surface area (Å²) in [7, 11) is 0. The number of aliphatic hydroxyl groups excluding tert-OH is 1. The third-order valence-corrected chi connectivity index (χ3v) is 5.34. The van der Waals surface area contributed by atoms with Crippen molar-refractivity contribution in [3.05, 3.63) is 78.4 Å². The molecule has 2 aromatic carbocycles. The molecule has 0 saturated carbocycles. The van der Waals surface area contributed by atoms with Crippen LogP contribution in [0, 0.1) is 0 Å². The SMILES string of the molecule is O=c1oc2ccc(Cl)cc2c(O)c1C1c2c(c3cc(Cl)ccc3oc2=O)OC1O. The summed E-state index contributed by atoms with van der Waals surface area (Å²) in [6.45, 7) is 0. The van der Waals surface area contributed by atoms with E-state index in [0.717, 1.165) is 0 Å². The zero-order valence-corrected chi connectivity index (χ0v) is 15.8. The molecule has 0 amide bonds. The van der Waals surface area contributed by atoms with Crippen LogP contribution in [-0.4, -0.2) is 16.5 Å². The fraction of sp³-hybridized carbons (Fsp3) is 0.100. The van der Waals surface area contributed by atoms with Crippen LogP contribution in [0.2, 0.25) is 10.0 Å². The highest BCUT2D eigenvalue weighted by Gasteiger charge is 2.43. The van der Waals surface area contributed by atoms with Gasteiger partial charge < -0.3 is 23.8 Å². The van der Waals surface area contributed by atoms with Crippen molar-refractivity contribution in [1.29, 1.82) is 0 Å². The molecule has 2 N–H and O–H groups in total. The van der Waals surface area contributed by atoms with Gasteiger partial charge in [0, 0.05) is 10.0 Å². The summed E-state index contributed by atoms with van der Waals surface area (Å²) in [6, 6.07) is 8.88. The second-order valence-corrected chi connectivity index (χ2v) is 7.42. The topological polar surface area (TPSA) is 110 Å². The quantitative estimate of drug-likeness (QED) is 0.440. The molecule has 1 aliphatic heterocycles. The predicted octanol–water partition coefficient (Wildman–Crippen LogP) is 3.75. The molecule has 0 spiro atoms. The van der Waals surface area contributed by atoms with Gasteiger partial charge in [0.15, 0.2) is 0 Å². The first-order chi connectivity index (χ1) is 13.8. The standard InChI is InChI=1S/C20H10Cl2O7/c21-7-1-3-11-9(5-7)16(23)14(19(25)27-11)13-15-17(29-18(13)24)10-6-8(22)2-4-12(10)28-20(15)26/h1-6,13,18,23-24H. The lowest BCUT2D eigenvalue weighted by atomic mass is 9.92. The first kappa shape index (κ1) is 18.1. The van der Waals surface area contributed by atoms with E-state index < -0.39 is 29.2 Å². The minimum atomic E-state index is -1.64. The largest absolute Gasteiger partial charge is 0.507 e. The van der Waals surface area contributed by atoms with Crippen LogP contribution in [0.15, 0.2) is 54.8 Å². The lowest BCUT2D eigenvalue weighted by molar-refractivity contribution is -0.00987. The number of rotatable bonds is 1. The Kier molecular flexibility index (Phi) is 3.89. The van der Waals surface area contributed by atoms with Crippen molar-refractivity contribution in [2.45, 2.75) is 12.2 Å². The average molecular weight is 433 g/mol. The van der Waals surface area contributed by atoms with Crippen molar-refractivity contribution in [2.75, 3.05) is 0 Å². The van der Waals surface area contributed by atoms with Crippen molar-refractivity contribution >= 4 is 45.1 Å². The summed E-state index contributed by atoms with van der Waals surface area (Å²) >= 11 is 12.0. The van der Waals surface area contributed by atoms with E-state index in [1.165, 1.54) is 36.4 Å². The first-order valence-electron chi connectivity index (χ1n) is 8.41. The van der Waals surface area contributed by atoms with Gasteiger partial charge in [0.05, 0.1) is 27.8 Å². The summed E-state index contributed by atoms with van der Waals surface area (Å²) in [6.07, 6.45) is -1.64. The molecule has 0 aliphatic carbocycles. The Balaban J connectivity index is 1.84. The third kappa shape index (κ3) is 2.62. The highest BCUT2D eigenvalue weighted by molar-refractivity contribution is 6.31. The van der Waals surface area contributed by atoms with Gasteiger partial charge in [-0.25, -0.2) is 9.59 Å². The predicted molar refractivity (Wildman–Crippen MR) is 105 cm³/mol. The molecule has 1 aliphatic rings. The Labute approximate surface area is 171 Å². The van der Waals surface area contributed by atoms with Gasteiger partial charge in [-0.05, 0) is 36.4 Å². The molecule has 0 radical (unpaired) electrons. The normalized spacial score (nSPS) is 18.2. The maximum absolute atomic E-state index is 12.7. The van der Waals surface area contributed by atoms with E-state index in [9.17, 15) is 19.8 Å². The smallest absolute Gasteiger partial charge is 0.344 e. The number of fused-ring (bicyclic) bond motifs is 4. The highest BCUT2D eigenvalue weighted by Crippen LogP contribution is 2.46. The van der Waals surface area contributed by atoms with Crippen LogP contribution in [0.25, 0.3) is 21.9 Å². The van der Waals surface area contributed by atoms with Crippen molar-refractivity contribution in [3.63, 3.8) is 0 Å². The molecular weight excluding hydrogens is 423 g/mol. The molecule has 29 heavy (non-hydrogen) atoms. The van der Waals surface area contributed by atoms with Gasteiger partial charge in [-0.3, -0.25) is 0 Å². The van der Waals surface area contributed by atoms with Crippen LogP contribution < -0.4 is 16.0 Å². The number of aliphatic hydroxyl groups is 1. The molecule has 146 valence electrons. The fourth-order valence-electron chi connectivity index (χ4n) is 3.62. The zero-order valence-electron chi connectivity index (χ0n) is 14.3. The number of hydrogen-bond donors (Lipinski definition) is 2. The third-order valence-electron chi connectivity index (χ3n) is 4.87. The summed E-state index contributed by atoms with van der Waals surface area (Å²) < 4.78 is 16.0. The van der Waals surface area contributed by atoms with Crippen LogP contribution in [0.4, 0.5) is 0 Å². The van der Waals surface area contributed by atoms with E-state index >= 15 is 0 Å². The van der Waals surface area contributed by atoms with Crippen molar-refractivity contribution in [2.24, 2.45) is 0 Å². The Morgan fingerprint density at radius 2 is 1.38 bits per heavy atom. The van der Waals surface area contributed by atoms with E-state index in [4.69, 9.17) is 36.8 Å². The van der Waals surface area contributed by atoms with Gasteiger partial charge in [0.1, 0.15) is 22.7 Å². The Morgan fingerprint density at radius 1 is 0.828 bits per heavy atom. The second kappa shape index (κ2) is 6.25. The summed E-state index contributed by atoms with van der Waals surface area (Å²) in [4.78, 5) is 25.3. The van der Waals surface area contributed by atoms with E-state index in [2.05, 4.69) is 0 Å². The van der Waals surface area contributed by atoms with E-state index in [0.29, 0.717) is 15.4 Å². The van der Waals surface area contributed by atoms with E-state index in [-0.39, 0.29) is 33.4 Å². The number of benzene rings is 2. The molecular formula is C20H10Cl2O7. The Bertz CT molecular complexity index is 1440. The van der Waals surface area contributed by atoms with Crippen molar-refractivity contribution in [3.8, 4) is 11.5 Å². The number of hydrogen-bond acceptors (Lipinski definition) is 7. The lowest BCUT2D eigenvalue weighted by Crippen LogP contribution is -2.26. The van der Waals surface area contributed by atoms with E-state index in [1.807, 2.05) is 0 Å². The molecule has 4 aromatic rings. The Morgan fingerprint density at radius 3 is 2.03 bits per heavy atom. The molecule has 2 atom stereocenters. The van der Waals surface area contributed by atoms with Crippen molar-refractivity contribution in [1.82, 2.24) is 0 Å². The van der Waals surface area contributed by atoms with E-state index in [1.54, 1.807) is 0 Å². The fourth-order valence-corrected chi connectivity index (χ4v) is 3.97. The summed E-state index contributed by atoms with van der Waals surface area (Å²) in [5, 5.41) is 22.5. The maximum Gasteiger partial charge on any atom is 0.344 e. The highest BCUT2D eigenvalue weighted by atomic mass is 35.5. The molecule has 5 rings (SSSR count). The van der Waals surface area contributed by atoms with Gasteiger partial charge in [0.25, 0.3) is 0 Å². The van der Waals surface area contributed by atoms with Crippen LogP contribution >= 0.6 is 23.2 Å². The van der Waals surface area contributed by atoms with Crippen LogP contribution in [0.3, 0.4) is 0 Å². The summed E-state index contributed by atoms with van der Waals surface area (Å²) in [5.41, 5.74) is -1.89. The molecule has 0 bridgehead atoms. The monoisotopic (exact) mass is 432 g/mol. The van der Waals surface area contributed by atoms with Gasteiger partial charge in [-0.15, -0.1) is 0 Å². The number of halogens is 2. The lowest BCUT2D eigenvalue weighted by Gasteiger charge is -2.14. The minimum absolute atomic E-state index is 0.0289. The van der Waals surface area contributed by atoms with Gasteiger partial charge in [-0.1, -0.05) is 23.2 Å². The average Bonchev–Trinajstić information content (AvgIpc) is 3.01. The summed E-state index contributed by atoms with van der Waals surface area (Å²) in [5.74, 6) is -1.77. The molecule has 0 saturated heterocycles. The zero-order chi connectivity index (χ0) is 20.4. The van der Waals surface area contributed by atoms with Gasteiger partial charge >= 0.3 is 11.3 Å². The van der Waals surface area contributed by atoms with Crippen LogP contribution in [0.1, 0.15) is 17.0 Å². The molecule has 2 unspecified atom stereocenters. The Hall–Kier alpha value is -3.00.